The number of hydrogen-bond donors (Lipinski definition) is 1. The molecule has 0 radical (unpaired) electrons. The summed E-state index contributed by atoms with van der Waals surface area (Å²) in [5.41, 5.74) is -0.0614. The molecule has 1 unspecified atom stereocenters. The highest BCUT2D eigenvalue weighted by Gasteiger charge is 2.32. The van der Waals surface area contributed by atoms with Gasteiger partial charge in [-0.05, 0) is 31.0 Å². The quantitative estimate of drug-likeness (QED) is 0.775. The van der Waals surface area contributed by atoms with E-state index in [1.54, 1.807) is 0 Å². The maximum Gasteiger partial charge on any atom is 0.341 e. The van der Waals surface area contributed by atoms with Crippen LogP contribution in [0, 0.1) is 17.5 Å². The third kappa shape index (κ3) is 2.56. The monoisotopic (exact) mass is 362 g/mol. The van der Waals surface area contributed by atoms with Crippen molar-refractivity contribution in [2.75, 3.05) is 11.4 Å². The SMILES string of the molecule is O=C(O)c1cnn2cc(F)c(N3CCCC3c3cc(F)ccc3F)nc12. The minimum atomic E-state index is -1.24. The Hall–Kier alpha value is -3.10. The van der Waals surface area contributed by atoms with Crippen LogP contribution < -0.4 is 4.90 Å². The summed E-state index contributed by atoms with van der Waals surface area (Å²) >= 11 is 0. The molecule has 6 nitrogen and oxygen atoms in total. The van der Waals surface area contributed by atoms with E-state index in [1.807, 2.05) is 0 Å². The molecule has 4 rings (SSSR count). The second-order valence-electron chi connectivity index (χ2n) is 6.06. The molecule has 0 aliphatic carbocycles. The molecular weight excluding hydrogens is 349 g/mol. The zero-order valence-electron chi connectivity index (χ0n) is 13.4. The van der Waals surface area contributed by atoms with Crippen LogP contribution in [0.5, 0.6) is 0 Å². The highest BCUT2D eigenvalue weighted by atomic mass is 19.1. The van der Waals surface area contributed by atoms with Crippen LogP contribution in [0.1, 0.15) is 34.8 Å². The van der Waals surface area contributed by atoms with Crippen LogP contribution in [0.25, 0.3) is 5.65 Å². The molecule has 3 aromatic rings. The molecule has 2 aromatic heterocycles. The van der Waals surface area contributed by atoms with Crippen molar-refractivity contribution in [1.29, 1.82) is 0 Å². The van der Waals surface area contributed by atoms with Crippen molar-refractivity contribution in [3.05, 3.63) is 59.2 Å². The predicted octanol–water partition coefficient (Wildman–Crippen LogP) is 3.19. The van der Waals surface area contributed by atoms with Crippen molar-refractivity contribution >= 4 is 17.4 Å². The molecule has 0 spiro atoms. The van der Waals surface area contributed by atoms with Gasteiger partial charge in [0.1, 0.15) is 17.2 Å². The number of carbonyl (C=O) groups is 1. The van der Waals surface area contributed by atoms with Crippen LogP contribution in [0.3, 0.4) is 0 Å². The summed E-state index contributed by atoms with van der Waals surface area (Å²) in [5, 5.41) is 13.0. The first-order chi connectivity index (χ1) is 12.5. The largest absolute Gasteiger partial charge is 0.477 e. The van der Waals surface area contributed by atoms with Gasteiger partial charge in [0, 0.05) is 12.1 Å². The Morgan fingerprint density at radius 3 is 2.81 bits per heavy atom. The molecule has 9 heteroatoms. The summed E-state index contributed by atoms with van der Waals surface area (Å²) in [6.07, 6.45) is 3.25. The summed E-state index contributed by atoms with van der Waals surface area (Å²) in [6.45, 7) is 0.386. The molecule has 1 atom stereocenters. The number of benzene rings is 1. The van der Waals surface area contributed by atoms with Crippen molar-refractivity contribution in [1.82, 2.24) is 14.6 Å². The van der Waals surface area contributed by atoms with Crippen LogP contribution in [0.4, 0.5) is 19.0 Å². The molecule has 0 bridgehead atoms. The third-order valence-corrected chi connectivity index (χ3v) is 4.50. The number of nitrogens with zero attached hydrogens (tertiary/aromatic N) is 4. The lowest BCUT2D eigenvalue weighted by molar-refractivity contribution is 0.0698. The number of carboxylic acids is 1. The number of aromatic nitrogens is 3. The fraction of sp³-hybridized carbons (Fsp3) is 0.235. The highest BCUT2D eigenvalue weighted by molar-refractivity contribution is 5.94. The molecule has 134 valence electrons. The summed E-state index contributed by atoms with van der Waals surface area (Å²) in [7, 11) is 0. The smallest absolute Gasteiger partial charge is 0.341 e. The summed E-state index contributed by atoms with van der Waals surface area (Å²) in [4.78, 5) is 16.9. The van der Waals surface area contributed by atoms with Crippen molar-refractivity contribution in [2.24, 2.45) is 0 Å². The summed E-state index contributed by atoms with van der Waals surface area (Å²) in [6, 6.07) is 2.56. The fourth-order valence-electron chi connectivity index (χ4n) is 3.35. The van der Waals surface area contributed by atoms with Crippen LogP contribution in [0.2, 0.25) is 0 Å². The zero-order chi connectivity index (χ0) is 18.4. The Labute approximate surface area is 145 Å². The second-order valence-corrected chi connectivity index (χ2v) is 6.06. The van der Waals surface area contributed by atoms with Crippen LogP contribution in [-0.4, -0.2) is 32.2 Å². The number of hydrogen-bond acceptors (Lipinski definition) is 4. The molecule has 1 aliphatic rings. The molecule has 1 saturated heterocycles. The summed E-state index contributed by atoms with van der Waals surface area (Å²) < 4.78 is 43.4. The molecule has 1 aliphatic heterocycles. The van der Waals surface area contributed by atoms with Gasteiger partial charge in [-0.15, -0.1) is 0 Å². The molecule has 1 fully saturated rings. The van der Waals surface area contributed by atoms with Gasteiger partial charge in [0.25, 0.3) is 0 Å². The second kappa shape index (κ2) is 6.01. The highest BCUT2D eigenvalue weighted by Crippen LogP contribution is 2.37. The number of aromatic carboxylic acids is 1. The topological polar surface area (TPSA) is 70.7 Å². The van der Waals surface area contributed by atoms with Gasteiger partial charge in [0.15, 0.2) is 17.3 Å². The van der Waals surface area contributed by atoms with E-state index in [-0.39, 0.29) is 22.6 Å². The standard InChI is InChI=1S/C17H13F3N4O2/c18-9-3-4-12(19)10(6-9)14-2-1-5-23(14)16-13(20)8-24-15(22-16)11(7-21-24)17(25)26/h3-4,6-8,14H,1-2,5H2,(H,25,26). The van der Waals surface area contributed by atoms with E-state index in [0.717, 1.165) is 35.1 Å². The van der Waals surface area contributed by atoms with Crippen molar-refractivity contribution < 1.29 is 23.1 Å². The predicted molar refractivity (Wildman–Crippen MR) is 85.6 cm³/mol. The number of halogens is 3. The third-order valence-electron chi connectivity index (χ3n) is 4.50. The lowest BCUT2D eigenvalue weighted by Crippen LogP contribution is -2.26. The number of fused-ring (bicyclic) bond motifs is 1. The van der Waals surface area contributed by atoms with Crippen LogP contribution >= 0.6 is 0 Å². The van der Waals surface area contributed by atoms with Gasteiger partial charge < -0.3 is 10.0 Å². The van der Waals surface area contributed by atoms with E-state index in [9.17, 15) is 23.1 Å². The molecule has 3 heterocycles. The van der Waals surface area contributed by atoms with E-state index in [4.69, 9.17) is 0 Å². The van der Waals surface area contributed by atoms with E-state index >= 15 is 0 Å². The molecule has 1 N–H and O–H groups in total. The number of carboxylic acid groups (broad SMARTS) is 1. The van der Waals surface area contributed by atoms with E-state index in [0.29, 0.717) is 19.4 Å². The Bertz CT molecular complexity index is 1020. The normalized spacial score (nSPS) is 17.2. The van der Waals surface area contributed by atoms with Gasteiger partial charge >= 0.3 is 5.97 Å². The van der Waals surface area contributed by atoms with Gasteiger partial charge in [-0.25, -0.2) is 27.5 Å². The van der Waals surface area contributed by atoms with Crippen LogP contribution in [0.15, 0.2) is 30.6 Å². The first-order valence-corrected chi connectivity index (χ1v) is 7.94. The number of anilines is 1. The maximum absolute atomic E-state index is 14.6. The van der Waals surface area contributed by atoms with Crippen molar-refractivity contribution in [3.8, 4) is 0 Å². The van der Waals surface area contributed by atoms with Crippen molar-refractivity contribution in [3.63, 3.8) is 0 Å². The molecule has 26 heavy (non-hydrogen) atoms. The Morgan fingerprint density at radius 1 is 1.23 bits per heavy atom. The van der Waals surface area contributed by atoms with Gasteiger partial charge in [-0.2, -0.15) is 5.10 Å². The first-order valence-electron chi connectivity index (χ1n) is 7.94. The molecular formula is C17H13F3N4O2. The van der Waals surface area contributed by atoms with Gasteiger partial charge in [-0.3, -0.25) is 0 Å². The average molecular weight is 362 g/mol. The summed E-state index contributed by atoms with van der Waals surface area (Å²) in [5.74, 6) is -3.23. The van der Waals surface area contributed by atoms with E-state index in [1.165, 1.54) is 4.90 Å². The molecule has 1 aromatic carbocycles. The lowest BCUT2D eigenvalue weighted by atomic mass is 10.0. The Kier molecular flexibility index (Phi) is 3.78. The maximum atomic E-state index is 14.6. The zero-order valence-corrected chi connectivity index (χ0v) is 13.4. The van der Waals surface area contributed by atoms with E-state index < -0.39 is 29.5 Å². The van der Waals surface area contributed by atoms with Gasteiger partial charge in [0.05, 0.1) is 18.4 Å². The van der Waals surface area contributed by atoms with Crippen LogP contribution in [-0.2, 0) is 0 Å². The van der Waals surface area contributed by atoms with Crippen molar-refractivity contribution in [2.45, 2.75) is 18.9 Å². The number of rotatable bonds is 3. The average Bonchev–Trinajstić information content (AvgIpc) is 3.22. The minimum Gasteiger partial charge on any atom is -0.477 e. The molecule has 0 saturated carbocycles. The lowest BCUT2D eigenvalue weighted by Gasteiger charge is -2.26. The Balaban J connectivity index is 1.83. The van der Waals surface area contributed by atoms with E-state index in [2.05, 4.69) is 10.1 Å². The minimum absolute atomic E-state index is 0.0146. The first kappa shape index (κ1) is 16.4. The molecule has 0 amide bonds. The Morgan fingerprint density at radius 2 is 2.04 bits per heavy atom. The fourth-order valence-corrected chi connectivity index (χ4v) is 3.35. The van der Waals surface area contributed by atoms with Gasteiger partial charge in [0.2, 0.25) is 0 Å². The van der Waals surface area contributed by atoms with Gasteiger partial charge in [-0.1, -0.05) is 0 Å².